The number of benzene rings is 2. The third-order valence-corrected chi connectivity index (χ3v) is 6.15. The number of aryl methyl sites for hydroxylation is 1. The van der Waals surface area contributed by atoms with E-state index in [-0.39, 0.29) is 11.3 Å². The molecule has 0 radical (unpaired) electrons. The Kier molecular flexibility index (Phi) is 6.03. The summed E-state index contributed by atoms with van der Waals surface area (Å²) in [6, 6.07) is 12.7. The Morgan fingerprint density at radius 2 is 1.72 bits per heavy atom. The zero-order chi connectivity index (χ0) is 21.2. The predicted molar refractivity (Wildman–Crippen MR) is 110 cm³/mol. The van der Waals surface area contributed by atoms with E-state index in [2.05, 4.69) is 4.72 Å². The van der Waals surface area contributed by atoms with Gasteiger partial charge in [0.1, 0.15) is 5.76 Å². The maximum absolute atomic E-state index is 13.0. The van der Waals surface area contributed by atoms with Gasteiger partial charge >= 0.3 is 5.97 Å². The fourth-order valence-corrected chi connectivity index (χ4v) is 4.50. The molecule has 1 unspecified atom stereocenters. The zero-order valence-corrected chi connectivity index (χ0v) is 17.9. The van der Waals surface area contributed by atoms with E-state index < -0.39 is 27.8 Å². The lowest BCUT2D eigenvalue weighted by molar-refractivity contribution is -0.206. The monoisotopic (exact) mass is 435 g/mol. The Bertz CT molecular complexity index is 1040. The van der Waals surface area contributed by atoms with Crippen LogP contribution < -0.4 is 4.72 Å². The minimum atomic E-state index is -3.84. The molecule has 0 bridgehead atoms. The van der Waals surface area contributed by atoms with Crippen molar-refractivity contribution in [1.82, 2.24) is 4.72 Å². The molecule has 29 heavy (non-hydrogen) atoms. The molecule has 3 rings (SSSR count). The van der Waals surface area contributed by atoms with Gasteiger partial charge in [-0.05, 0) is 30.7 Å². The van der Waals surface area contributed by atoms with Gasteiger partial charge in [0, 0.05) is 25.3 Å². The van der Waals surface area contributed by atoms with Gasteiger partial charge in [0.05, 0.1) is 17.0 Å². The minimum Gasteiger partial charge on any atom is -0.457 e. The second-order valence-electron chi connectivity index (χ2n) is 7.25. The summed E-state index contributed by atoms with van der Waals surface area (Å²) >= 11 is 6.33. The highest BCUT2D eigenvalue weighted by Crippen LogP contribution is 2.33. The molecule has 1 atom stereocenters. The summed E-state index contributed by atoms with van der Waals surface area (Å²) < 4.78 is 39.4. The maximum atomic E-state index is 13.0. The number of carbonyl (C=O) groups is 1. The second-order valence-corrected chi connectivity index (χ2v) is 9.37. The number of nitrogens with one attached hydrogen (secondary N) is 1. The Morgan fingerprint density at radius 1 is 1.07 bits per heavy atom. The predicted octanol–water partition coefficient (Wildman–Crippen LogP) is 4.25. The van der Waals surface area contributed by atoms with Crippen molar-refractivity contribution in [2.45, 2.75) is 43.9 Å². The van der Waals surface area contributed by atoms with Crippen LogP contribution in [-0.2, 0) is 24.3 Å². The van der Waals surface area contributed by atoms with E-state index >= 15 is 0 Å². The number of ether oxygens (including phenoxy) is 2. The summed E-state index contributed by atoms with van der Waals surface area (Å²) in [4.78, 5) is 12.0. The van der Waals surface area contributed by atoms with Crippen LogP contribution in [0.1, 0.15) is 37.4 Å². The van der Waals surface area contributed by atoms with E-state index in [0.29, 0.717) is 16.3 Å². The second kappa shape index (κ2) is 8.18. The highest BCUT2D eigenvalue weighted by Gasteiger charge is 2.33. The molecule has 0 spiro atoms. The highest BCUT2D eigenvalue weighted by atomic mass is 35.5. The molecule has 6 nitrogen and oxygen atoms in total. The van der Waals surface area contributed by atoms with Gasteiger partial charge in [-0.2, -0.15) is 0 Å². The number of carbonyl (C=O) groups excluding carboxylic acids is 1. The van der Waals surface area contributed by atoms with Crippen LogP contribution in [0.3, 0.4) is 0 Å². The molecule has 0 saturated heterocycles. The molecule has 0 saturated carbocycles. The van der Waals surface area contributed by atoms with E-state index in [1.807, 2.05) is 6.92 Å². The molecule has 1 heterocycles. The van der Waals surface area contributed by atoms with Crippen molar-refractivity contribution in [3.8, 4) is 0 Å². The lowest BCUT2D eigenvalue weighted by atomic mass is 10.0. The van der Waals surface area contributed by atoms with Crippen LogP contribution in [0.2, 0.25) is 5.02 Å². The Hall–Kier alpha value is -2.35. The first kappa shape index (κ1) is 21.4. The van der Waals surface area contributed by atoms with Gasteiger partial charge in [-0.15, -0.1) is 0 Å². The maximum Gasteiger partial charge on any atom is 0.337 e. The lowest BCUT2D eigenvalue weighted by Crippen LogP contribution is -2.36. The number of hydrogen-bond acceptors (Lipinski definition) is 5. The first-order valence-corrected chi connectivity index (χ1v) is 10.9. The Labute approximate surface area is 175 Å². The van der Waals surface area contributed by atoms with E-state index in [1.165, 1.54) is 18.2 Å². The van der Waals surface area contributed by atoms with Crippen molar-refractivity contribution < 1.29 is 22.7 Å². The summed E-state index contributed by atoms with van der Waals surface area (Å²) in [7, 11) is -3.84. The molecule has 8 heteroatoms. The lowest BCUT2D eigenvalue weighted by Gasteiger charge is -2.32. The molecule has 0 amide bonds. The van der Waals surface area contributed by atoms with Crippen molar-refractivity contribution in [3.63, 3.8) is 0 Å². The van der Waals surface area contributed by atoms with Crippen molar-refractivity contribution in [2.75, 3.05) is 0 Å². The van der Waals surface area contributed by atoms with Gasteiger partial charge in [-0.3, -0.25) is 0 Å². The van der Waals surface area contributed by atoms with Crippen molar-refractivity contribution in [1.29, 1.82) is 0 Å². The van der Waals surface area contributed by atoms with Crippen LogP contribution in [0.25, 0.3) is 0 Å². The molecule has 2 aromatic carbocycles. The molecule has 1 aliphatic heterocycles. The molecular formula is C21H22ClNO5S. The van der Waals surface area contributed by atoms with Crippen LogP contribution >= 0.6 is 11.6 Å². The third-order valence-electron chi connectivity index (χ3n) is 4.32. The van der Waals surface area contributed by atoms with Crippen LogP contribution in [-0.4, -0.2) is 20.2 Å². The van der Waals surface area contributed by atoms with Crippen LogP contribution in [0.15, 0.2) is 65.3 Å². The Balaban J connectivity index is 1.95. The normalized spacial score (nSPS) is 17.1. The van der Waals surface area contributed by atoms with Crippen molar-refractivity contribution >= 4 is 27.6 Å². The molecule has 0 aliphatic carbocycles. The van der Waals surface area contributed by atoms with Gasteiger partial charge in [0.25, 0.3) is 0 Å². The van der Waals surface area contributed by atoms with E-state index in [4.69, 9.17) is 21.1 Å². The first-order chi connectivity index (χ1) is 13.6. The smallest absolute Gasteiger partial charge is 0.337 e. The SMILES string of the molecule is Cc1ccc(S(=O)(=O)NC(CC2=CC(=O)OC(C)(C)O2)c2ccccc2Cl)cc1. The summed E-state index contributed by atoms with van der Waals surface area (Å²) in [6.45, 7) is 5.10. The van der Waals surface area contributed by atoms with E-state index in [1.54, 1.807) is 50.2 Å². The number of halogens is 1. The molecule has 154 valence electrons. The standard InChI is InChI=1S/C21H22ClNO5S/c1-14-8-10-16(11-9-14)29(25,26)23-19(17-6-4-5-7-18(17)22)12-15-13-20(24)28-21(2,3)27-15/h4-11,13,19,23H,12H2,1-3H3. The first-order valence-electron chi connectivity index (χ1n) is 9.02. The molecule has 1 aliphatic rings. The molecule has 0 fully saturated rings. The molecule has 2 aromatic rings. The van der Waals surface area contributed by atoms with Gasteiger partial charge in [0.15, 0.2) is 0 Å². The highest BCUT2D eigenvalue weighted by molar-refractivity contribution is 7.89. The van der Waals surface area contributed by atoms with Crippen molar-refractivity contribution in [3.05, 3.63) is 76.5 Å². The summed E-state index contributed by atoms with van der Waals surface area (Å²) in [5.74, 6) is -1.37. The number of esters is 1. The molecule has 0 aromatic heterocycles. The molecule has 1 N–H and O–H groups in total. The van der Waals surface area contributed by atoms with Crippen LogP contribution in [0, 0.1) is 6.92 Å². The average Bonchev–Trinajstić information content (AvgIpc) is 2.60. The third kappa shape index (κ3) is 5.38. The van der Waals surface area contributed by atoms with E-state index in [9.17, 15) is 13.2 Å². The quantitative estimate of drug-likeness (QED) is 0.686. The number of hydrogen-bond donors (Lipinski definition) is 1. The number of rotatable bonds is 6. The number of sulfonamides is 1. The minimum absolute atomic E-state index is 0.0906. The van der Waals surface area contributed by atoms with E-state index in [0.717, 1.165) is 5.56 Å². The zero-order valence-electron chi connectivity index (χ0n) is 16.3. The van der Waals surface area contributed by atoms with Gasteiger partial charge < -0.3 is 9.47 Å². The summed E-state index contributed by atoms with van der Waals surface area (Å²) in [6.07, 6.45) is 1.31. The van der Waals surface area contributed by atoms with Crippen LogP contribution in [0.4, 0.5) is 0 Å². The fourth-order valence-electron chi connectivity index (χ4n) is 3.02. The van der Waals surface area contributed by atoms with Gasteiger partial charge in [0.2, 0.25) is 15.8 Å². The van der Waals surface area contributed by atoms with Gasteiger partial charge in [-0.25, -0.2) is 17.9 Å². The van der Waals surface area contributed by atoms with Crippen molar-refractivity contribution in [2.24, 2.45) is 0 Å². The molecular weight excluding hydrogens is 414 g/mol. The van der Waals surface area contributed by atoms with Crippen LogP contribution in [0.5, 0.6) is 0 Å². The Morgan fingerprint density at radius 3 is 2.34 bits per heavy atom. The van der Waals surface area contributed by atoms with Gasteiger partial charge in [-0.1, -0.05) is 47.5 Å². The summed E-state index contributed by atoms with van der Waals surface area (Å²) in [5, 5.41) is 0.405. The largest absolute Gasteiger partial charge is 0.457 e. The average molecular weight is 436 g/mol. The number of cyclic esters (lactones) is 1. The summed E-state index contributed by atoms with van der Waals surface area (Å²) in [5.41, 5.74) is 1.53. The topological polar surface area (TPSA) is 81.7 Å². The fraction of sp³-hybridized carbons (Fsp3) is 0.286.